The molecular formula is C22H28FN3O2S. The van der Waals surface area contributed by atoms with Gasteiger partial charge in [-0.2, -0.15) is 0 Å². The van der Waals surface area contributed by atoms with Gasteiger partial charge in [0.05, 0.1) is 6.04 Å². The number of fused-ring (bicyclic) bond motifs is 1. The number of nitrogens with zero attached hydrogens (tertiary/aromatic N) is 2. The molecule has 1 unspecified atom stereocenters. The van der Waals surface area contributed by atoms with Crippen LogP contribution in [0.5, 0.6) is 0 Å². The second kappa shape index (κ2) is 8.05. The van der Waals surface area contributed by atoms with Crippen molar-refractivity contribution >= 4 is 23.0 Å². The van der Waals surface area contributed by atoms with E-state index in [4.69, 9.17) is 0 Å². The van der Waals surface area contributed by atoms with Crippen LogP contribution in [0.25, 0.3) is 11.1 Å². The normalized spacial score (nSPS) is 16.6. The number of anilines is 1. The Hall–Kier alpha value is -1.96. The lowest BCUT2D eigenvalue weighted by atomic mass is 9.92. The second-order valence-corrected chi connectivity index (χ2v) is 10.5. The zero-order chi connectivity index (χ0) is 21.5. The Bertz CT molecular complexity index is 942. The van der Waals surface area contributed by atoms with Crippen molar-refractivity contribution < 1.29 is 13.7 Å². The van der Waals surface area contributed by atoms with Crippen LogP contribution in [0.3, 0.4) is 0 Å². The van der Waals surface area contributed by atoms with Crippen molar-refractivity contribution in [2.24, 2.45) is 0 Å². The Balaban J connectivity index is 1.99. The Kier molecular flexibility index (Phi) is 6.03. The van der Waals surface area contributed by atoms with Crippen LogP contribution in [0.1, 0.15) is 56.8 Å². The smallest absolute Gasteiger partial charge is 0.227 e. The first-order valence-electron chi connectivity index (χ1n) is 9.72. The van der Waals surface area contributed by atoms with E-state index in [1.165, 1.54) is 11.0 Å². The summed E-state index contributed by atoms with van der Waals surface area (Å²) in [6, 6.07) is 3.06. The first kappa shape index (κ1) is 21.7. The first-order chi connectivity index (χ1) is 13.5. The summed E-state index contributed by atoms with van der Waals surface area (Å²) in [5.41, 5.74) is 4.53. The number of carbonyl (C=O) groups is 1. The second-order valence-electron chi connectivity index (χ2n) is 8.54. The fourth-order valence-electron chi connectivity index (χ4n) is 3.52. The monoisotopic (exact) mass is 417 g/mol. The molecule has 1 N–H and O–H groups in total. The van der Waals surface area contributed by atoms with E-state index < -0.39 is 11.4 Å². The third-order valence-corrected chi connectivity index (χ3v) is 7.04. The van der Waals surface area contributed by atoms with Gasteiger partial charge in [-0.3, -0.25) is 9.78 Å². The average molecular weight is 418 g/mol. The molecule has 7 heteroatoms. The van der Waals surface area contributed by atoms with Crippen molar-refractivity contribution in [3.8, 4) is 11.1 Å². The summed E-state index contributed by atoms with van der Waals surface area (Å²) in [5.74, 6) is -0.387. The number of aromatic nitrogens is 1. The van der Waals surface area contributed by atoms with Gasteiger partial charge in [0.1, 0.15) is 10.6 Å². The fraction of sp³-hybridized carbons (Fsp3) is 0.455. The van der Waals surface area contributed by atoms with Crippen LogP contribution in [0.4, 0.5) is 10.1 Å². The molecule has 0 fully saturated rings. The largest absolute Gasteiger partial charge is 0.598 e. The lowest BCUT2D eigenvalue weighted by Crippen LogP contribution is -2.40. The third kappa shape index (κ3) is 4.32. The number of hydrogen-bond acceptors (Lipinski definition) is 4. The molecule has 5 nitrogen and oxygen atoms in total. The van der Waals surface area contributed by atoms with E-state index in [1.807, 2.05) is 40.7 Å². The molecule has 1 aliphatic rings. The number of nitrogens with one attached hydrogen (secondary N) is 1. The van der Waals surface area contributed by atoms with Crippen LogP contribution in [0.15, 0.2) is 24.5 Å². The minimum atomic E-state index is -1.23. The molecule has 2 atom stereocenters. The van der Waals surface area contributed by atoms with E-state index in [9.17, 15) is 9.35 Å². The third-order valence-electron chi connectivity index (χ3n) is 5.36. The minimum absolute atomic E-state index is 0.00348. The van der Waals surface area contributed by atoms with Crippen molar-refractivity contribution in [2.45, 2.75) is 58.2 Å². The molecule has 0 aliphatic carbocycles. The summed E-state index contributed by atoms with van der Waals surface area (Å²) in [6.07, 6.45) is 4.42. The number of pyridine rings is 1. The van der Waals surface area contributed by atoms with Gasteiger partial charge in [-0.05, 0) is 69.9 Å². The van der Waals surface area contributed by atoms with Gasteiger partial charge >= 0.3 is 0 Å². The topological polar surface area (TPSA) is 68.3 Å². The minimum Gasteiger partial charge on any atom is -0.598 e. The van der Waals surface area contributed by atoms with Crippen LogP contribution in [-0.4, -0.2) is 27.2 Å². The molecule has 1 aliphatic heterocycles. The molecule has 0 saturated carbocycles. The molecule has 156 valence electrons. The van der Waals surface area contributed by atoms with Crippen LogP contribution in [-0.2, 0) is 22.6 Å². The zero-order valence-corrected chi connectivity index (χ0v) is 18.6. The lowest BCUT2D eigenvalue weighted by molar-refractivity contribution is -0.118. The SMILES string of the molecule is Cc1c(-c2cc3c(cc2F)N(C)C(=O)CC3)cncc1[C@@H](C)N[S+]([O-])C(C)(C)C. The molecule has 0 radical (unpaired) electrons. The Labute approximate surface area is 175 Å². The molecular weight excluding hydrogens is 389 g/mol. The van der Waals surface area contributed by atoms with Crippen molar-refractivity contribution in [2.75, 3.05) is 11.9 Å². The highest BCUT2D eigenvalue weighted by Gasteiger charge is 2.29. The number of amides is 1. The number of aryl methyl sites for hydroxylation is 1. The zero-order valence-electron chi connectivity index (χ0n) is 17.8. The van der Waals surface area contributed by atoms with Gasteiger partial charge in [0, 0.05) is 54.0 Å². The molecule has 2 heterocycles. The van der Waals surface area contributed by atoms with Gasteiger partial charge in [0.15, 0.2) is 0 Å². The van der Waals surface area contributed by atoms with E-state index in [0.717, 1.165) is 16.7 Å². The molecule has 1 aromatic carbocycles. The summed E-state index contributed by atoms with van der Waals surface area (Å²) < 4.78 is 30.2. The molecule has 0 spiro atoms. The number of carbonyl (C=O) groups excluding carboxylic acids is 1. The predicted octanol–water partition coefficient (Wildman–Crippen LogP) is 4.22. The van der Waals surface area contributed by atoms with Crippen LogP contribution >= 0.6 is 0 Å². The highest BCUT2D eigenvalue weighted by atomic mass is 32.2. The maximum atomic E-state index is 15.0. The summed E-state index contributed by atoms with van der Waals surface area (Å²) in [4.78, 5) is 17.8. The molecule has 1 amide bonds. The van der Waals surface area contributed by atoms with Crippen LogP contribution in [0, 0.1) is 12.7 Å². The molecule has 3 rings (SSSR count). The summed E-state index contributed by atoms with van der Waals surface area (Å²) in [7, 11) is 1.68. The quantitative estimate of drug-likeness (QED) is 0.757. The van der Waals surface area contributed by atoms with E-state index in [-0.39, 0.29) is 22.5 Å². The van der Waals surface area contributed by atoms with Crippen LogP contribution in [0.2, 0.25) is 0 Å². The molecule has 0 bridgehead atoms. The average Bonchev–Trinajstić information content (AvgIpc) is 2.64. The maximum Gasteiger partial charge on any atom is 0.227 e. The van der Waals surface area contributed by atoms with Crippen molar-refractivity contribution in [1.29, 1.82) is 0 Å². The van der Waals surface area contributed by atoms with Crippen molar-refractivity contribution in [1.82, 2.24) is 9.71 Å². The fourth-order valence-corrected chi connectivity index (χ4v) is 4.32. The highest BCUT2D eigenvalue weighted by molar-refractivity contribution is 7.90. The van der Waals surface area contributed by atoms with Gasteiger partial charge in [-0.25, -0.2) is 4.39 Å². The first-order valence-corrected chi connectivity index (χ1v) is 10.9. The summed E-state index contributed by atoms with van der Waals surface area (Å²) in [5, 5.41) is 0. The van der Waals surface area contributed by atoms with Gasteiger partial charge in [0.25, 0.3) is 0 Å². The van der Waals surface area contributed by atoms with Gasteiger partial charge in [-0.15, -0.1) is 4.72 Å². The summed E-state index contributed by atoms with van der Waals surface area (Å²) >= 11 is -1.23. The molecule has 1 aromatic heterocycles. The molecule has 29 heavy (non-hydrogen) atoms. The van der Waals surface area contributed by atoms with Gasteiger partial charge < -0.3 is 9.45 Å². The van der Waals surface area contributed by atoms with E-state index in [2.05, 4.69) is 9.71 Å². The number of hydrogen-bond donors (Lipinski definition) is 1. The Morgan fingerprint density at radius 3 is 2.59 bits per heavy atom. The maximum absolute atomic E-state index is 15.0. The number of rotatable bonds is 4. The van der Waals surface area contributed by atoms with Crippen molar-refractivity contribution in [3.05, 3.63) is 47.0 Å². The van der Waals surface area contributed by atoms with E-state index in [1.54, 1.807) is 19.4 Å². The number of halogens is 1. The van der Waals surface area contributed by atoms with E-state index in [0.29, 0.717) is 29.7 Å². The molecule has 2 aromatic rings. The Morgan fingerprint density at radius 1 is 1.24 bits per heavy atom. The van der Waals surface area contributed by atoms with Crippen molar-refractivity contribution in [3.63, 3.8) is 0 Å². The predicted molar refractivity (Wildman–Crippen MR) is 116 cm³/mol. The summed E-state index contributed by atoms with van der Waals surface area (Å²) in [6.45, 7) is 9.60. The molecule has 0 saturated heterocycles. The van der Waals surface area contributed by atoms with Gasteiger partial charge in [-0.1, -0.05) is 0 Å². The Morgan fingerprint density at radius 2 is 1.93 bits per heavy atom. The standard InChI is InChI=1S/C22H28FN3O2S/c1-13-17(14(2)25-29(28)22(3,4)5)11-24-12-18(13)16-9-15-7-8-21(27)26(6)20(15)10-19(16)23/h9-12,14,25H,7-8H2,1-6H3/t14-,29?/m1/s1. The van der Waals surface area contributed by atoms with Gasteiger partial charge in [0.2, 0.25) is 5.91 Å². The number of benzene rings is 1. The lowest BCUT2D eigenvalue weighted by Gasteiger charge is -2.28. The van der Waals surface area contributed by atoms with Crippen LogP contribution < -0.4 is 9.62 Å². The van der Waals surface area contributed by atoms with E-state index >= 15 is 4.39 Å². The highest BCUT2D eigenvalue weighted by Crippen LogP contribution is 2.36.